The first kappa shape index (κ1) is 17.8. The normalized spacial score (nSPS) is 13.3. The summed E-state index contributed by atoms with van der Waals surface area (Å²) in [6.07, 6.45) is 0.0930. The van der Waals surface area contributed by atoms with Crippen LogP contribution in [0.3, 0.4) is 0 Å². The molecule has 0 amide bonds. The van der Waals surface area contributed by atoms with E-state index in [9.17, 15) is 23.3 Å². The van der Waals surface area contributed by atoms with E-state index in [1.807, 2.05) is 4.72 Å². The first-order valence-corrected chi connectivity index (χ1v) is 8.41. The van der Waals surface area contributed by atoms with E-state index in [0.29, 0.717) is 11.3 Å². The smallest absolute Gasteiger partial charge is 0.321 e. The number of halogens is 1. The van der Waals surface area contributed by atoms with Crippen molar-refractivity contribution in [2.75, 3.05) is 0 Å². The van der Waals surface area contributed by atoms with Crippen LogP contribution in [0, 0.1) is 16.0 Å². The van der Waals surface area contributed by atoms with Gasteiger partial charge in [-0.3, -0.25) is 14.9 Å². The van der Waals surface area contributed by atoms with Crippen molar-refractivity contribution in [3.63, 3.8) is 0 Å². The number of thiophene rings is 1. The maximum Gasteiger partial charge on any atom is 0.321 e. The summed E-state index contributed by atoms with van der Waals surface area (Å²) in [7, 11) is -4.19. The average Bonchev–Trinajstić information content (AvgIpc) is 2.70. The van der Waals surface area contributed by atoms with Gasteiger partial charge in [0.05, 0.1) is 4.92 Å². The average molecular weight is 357 g/mol. The highest BCUT2D eigenvalue weighted by Gasteiger charge is 2.30. The first-order chi connectivity index (χ1) is 9.54. The molecule has 0 fully saturated rings. The van der Waals surface area contributed by atoms with Crippen LogP contribution in [0.5, 0.6) is 0 Å². The van der Waals surface area contributed by atoms with E-state index in [1.165, 1.54) is 0 Å². The number of nitrogens with one attached hydrogen (secondary N) is 1. The lowest BCUT2D eigenvalue weighted by molar-refractivity contribution is -0.384. The molecule has 0 saturated carbocycles. The van der Waals surface area contributed by atoms with Gasteiger partial charge in [0.1, 0.15) is 10.3 Å². The van der Waals surface area contributed by atoms with Crippen LogP contribution in [0.15, 0.2) is 10.3 Å². The molecule has 0 spiro atoms. The molecule has 0 aliphatic carbocycles. The molecule has 21 heavy (non-hydrogen) atoms. The highest BCUT2D eigenvalue weighted by molar-refractivity contribution is 7.91. The lowest BCUT2D eigenvalue weighted by atomic mass is 10.1. The van der Waals surface area contributed by atoms with Crippen LogP contribution in [0.4, 0.5) is 5.69 Å². The quantitative estimate of drug-likeness (QED) is 0.568. The van der Waals surface area contributed by atoms with Crippen molar-refractivity contribution in [2.24, 2.45) is 5.92 Å². The third-order valence-electron chi connectivity index (χ3n) is 2.41. The Labute approximate surface area is 129 Å². The summed E-state index contributed by atoms with van der Waals surface area (Å²) in [5, 5.41) is 19.7. The molecule has 0 unspecified atom stereocenters. The predicted molar refractivity (Wildman–Crippen MR) is 77.2 cm³/mol. The molecule has 1 aromatic rings. The van der Waals surface area contributed by atoms with Crippen molar-refractivity contribution in [1.82, 2.24) is 4.72 Å². The Morgan fingerprint density at radius 1 is 1.57 bits per heavy atom. The number of aliphatic carboxylic acids is 1. The van der Waals surface area contributed by atoms with Crippen molar-refractivity contribution >= 4 is 44.6 Å². The fourth-order valence-electron chi connectivity index (χ4n) is 1.51. The Hall–Kier alpha value is -1.23. The van der Waals surface area contributed by atoms with E-state index in [-0.39, 0.29) is 16.7 Å². The second-order valence-corrected chi connectivity index (χ2v) is 8.22. The number of nitro groups is 1. The molecule has 11 heteroatoms. The molecule has 0 aliphatic heterocycles. The zero-order valence-corrected chi connectivity index (χ0v) is 13.5. The standard InChI is InChI=1S/C10H13ClN2O6S2/c1-5(2)3-6(10(14)15)12-21(18,19)8-4-7(13(16)17)9(11)20-8/h4-6,12H,3H2,1-2H3,(H,14,15)/t6-/m0/s1. The van der Waals surface area contributed by atoms with E-state index in [4.69, 9.17) is 16.7 Å². The predicted octanol–water partition coefficient (Wildman–Crippen LogP) is 2.09. The van der Waals surface area contributed by atoms with Gasteiger partial charge in [-0.25, -0.2) is 8.42 Å². The molecular formula is C10H13ClN2O6S2. The number of nitrogens with zero attached hydrogens (tertiary/aromatic N) is 1. The number of carboxylic acids is 1. The Kier molecular flexibility index (Phi) is 5.68. The van der Waals surface area contributed by atoms with Crippen LogP contribution in [0.2, 0.25) is 4.34 Å². The minimum Gasteiger partial charge on any atom is -0.480 e. The van der Waals surface area contributed by atoms with E-state index in [0.717, 1.165) is 6.07 Å². The molecule has 0 radical (unpaired) electrons. The fraction of sp³-hybridized carbons (Fsp3) is 0.500. The first-order valence-electron chi connectivity index (χ1n) is 5.73. The number of carboxylic acid groups (broad SMARTS) is 1. The molecule has 2 N–H and O–H groups in total. The number of carbonyl (C=O) groups is 1. The highest BCUT2D eigenvalue weighted by Crippen LogP contribution is 2.36. The Bertz CT molecular complexity index is 655. The van der Waals surface area contributed by atoms with Gasteiger partial charge in [0.25, 0.3) is 15.7 Å². The van der Waals surface area contributed by atoms with Crippen molar-refractivity contribution in [1.29, 1.82) is 0 Å². The highest BCUT2D eigenvalue weighted by atomic mass is 35.5. The molecule has 0 aliphatic rings. The van der Waals surface area contributed by atoms with E-state index in [1.54, 1.807) is 13.8 Å². The van der Waals surface area contributed by atoms with Crippen LogP contribution >= 0.6 is 22.9 Å². The number of rotatable bonds is 7. The summed E-state index contributed by atoms with van der Waals surface area (Å²) < 4.78 is 25.5. The molecule has 0 bridgehead atoms. The third-order valence-corrected chi connectivity index (χ3v) is 5.69. The van der Waals surface area contributed by atoms with Crippen molar-refractivity contribution in [2.45, 2.75) is 30.5 Å². The van der Waals surface area contributed by atoms with Crippen LogP contribution < -0.4 is 4.72 Å². The summed E-state index contributed by atoms with van der Waals surface area (Å²) in [6, 6.07) is -0.501. The molecule has 0 aromatic carbocycles. The van der Waals surface area contributed by atoms with Gasteiger partial charge >= 0.3 is 5.97 Å². The van der Waals surface area contributed by atoms with Crippen LogP contribution in [-0.2, 0) is 14.8 Å². The van der Waals surface area contributed by atoms with Gasteiger partial charge in [0.2, 0.25) is 0 Å². The van der Waals surface area contributed by atoms with Crippen LogP contribution in [-0.4, -0.2) is 30.5 Å². The van der Waals surface area contributed by atoms with E-state index >= 15 is 0 Å². The second kappa shape index (κ2) is 6.69. The van der Waals surface area contributed by atoms with Crippen molar-refractivity contribution in [3.05, 3.63) is 20.5 Å². The topological polar surface area (TPSA) is 127 Å². The molecule has 1 rings (SSSR count). The summed E-state index contributed by atoms with van der Waals surface area (Å²) in [6.45, 7) is 3.49. The summed E-state index contributed by atoms with van der Waals surface area (Å²) in [5.41, 5.74) is -0.530. The fourth-order valence-corrected chi connectivity index (χ4v) is 4.39. The minimum absolute atomic E-state index is 0.0462. The van der Waals surface area contributed by atoms with Crippen molar-refractivity contribution < 1.29 is 23.2 Å². The Morgan fingerprint density at radius 3 is 2.52 bits per heavy atom. The number of sulfonamides is 1. The van der Waals surface area contributed by atoms with Crippen LogP contribution in [0.25, 0.3) is 0 Å². The zero-order chi connectivity index (χ0) is 16.4. The summed E-state index contributed by atoms with van der Waals surface area (Å²) in [4.78, 5) is 20.9. The molecule has 8 nitrogen and oxygen atoms in total. The lowest BCUT2D eigenvalue weighted by Crippen LogP contribution is -2.41. The third kappa shape index (κ3) is 4.63. The van der Waals surface area contributed by atoms with E-state index in [2.05, 4.69) is 0 Å². The minimum atomic E-state index is -4.19. The Balaban J connectivity index is 3.07. The second-order valence-electron chi connectivity index (χ2n) is 4.62. The summed E-state index contributed by atoms with van der Waals surface area (Å²) >= 11 is 6.10. The van der Waals surface area contributed by atoms with Gasteiger partial charge in [-0.05, 0) is 12.3 Å². The SMILES string of the molecule is CC(C)C[C@H](NS(=O)(=O)c1cc([N+](=O)[O-])c(Cl)s1)C(=O)O. The number of hydrogen-bond acceptors (Lipinski definition) is 6. The maximum atomic E-state index is 12.1. The molecular weight excluding hydrogens is 344 g/mol. The van der Waals surface area contributed by atoms with E-state index < -0.39 is 36.9 Å². The molecule has 1 heterocycles. The monoisotopic (exact) mass is 356 g/mol. The van der Waals surface area contributed by atoms with Crippen molar-refractivity contribution in [3.8, 4) is 0 Å². The van der Waals surface area contributed by atoms with Gasteiger partial charge in [0.15, 0.2) is 4.34 Å². The maximum absolute atomic E-state index is 12.1. The Morgan fingerprint density at radius 2 is 2.14 bits per heavy atom. The van der Waals surface area contributed by atoms with Gasteiger partial charge in [0, 0.05) is 6.07 Å². The molecule has 118 valence electrons. The van der Waals surface area contributed by atoms with Gasteiger partial charge in [-0.2, -0.15) is 4.72 Å². The zero-order valence-electron chi connectivity index (χ0n) is 11.1. The van der Waals surface area contributed by atoms with Gasteiger partial charge < -0.3 is 5.11 Å². The van der Waals surface area contributed by atoms with Gasteiger partial charge in [-0.1, -0.05) is 25.4 Å². The molecule has 1 aromatic heterocycles. The largest absolute Gasteiger partial charge is 0.480 e. The summed E-state index contributed by atoms with van der Waals surface area (Å²) in [5.74, 6) is -1.36. The van der Waals surface area contributed by atoms with Crippen LogP contribution in [0.1, 0.15) is 20.3 Å². The van der Waals surface area contributed by atoms with Gasteiger partial charge in [-0.15, -0.1) is 11.3 Å². The number of hydrogen-bond donors (Lipinski definition) is 2. The molecule has 0 saturated heterocycles. The lowest BCUT2D eigenvalue weighted by Gasteiger charge is -2.15. The molecule has 1 atom stereocenters.